The van der Waals surface area contributed by atoms with Crippen LogP contribution in [0.4, 0.5) is 16.2 Å². The van der Waals surface area contributed by atoms with Crippen LogP contribution in [-0.4, -0.2) is 99.0 Å². The molecule has 38 heavy (non-hydrogen) atoms. The molecule has 0 aliphatic carbocycles. The number of carboxylic acid groups (broad SMARTS) is 1. The summed E-state index contributed by atoms with van der Waals surface area (Å²) in [7, 11) is 0. The van der Waals surface area contributed by atoms with Crippen LogP contribution in [0.3, 0.4) is 0 Å². The Balaban J connectivity index is 1.25. The van der Waals surface area contributed by atoms with Crippen molar-refractivity contribution in [1.82, 2.24) is 15.1 Å². The number of carbonyl (C=O) groups is 2. The van der Waals surface area contributed by atoms with Gasteiger partial charge in [0.25, 0.3) is 5.91 Å². The van der Waals surface area contributed by atoms with Crippen molar-refractivity contribution in [2.75, 3.05) is 81.9 Å². The predicted molar refractivity (Wildman–Crippen MR) is 151 cm³/mol. The zero-order valence-electron chi connectivity index (χ0n) is 22.5. The van der Waals surface area contributed by atoms with E-state index in [1.807, 2.05) is 37.3 Å². The van der Waals surface area contributed by atoms with Crippen molar-refractivity contribution in [1.29, 1.82) is 0 Å². The predicted octanol–water partition coefficient (Wildman–Crippen LogP) is 3.61. The third-order valence-electron chi connectivity index (χ3n) is 7.33. The van der Waals surface area contributed by atoms with Gasteiger partial charge in [0.2, 0.25) is 0 Å². The Morgan fingerprint density at radius 1 is 0.921 bits per heavy atom. The standard InChI is InChI=1S/C29H41N5O4/c1-2-38-27-12-5-4-11-26(27)34(29(36)37)22-19-32-17-20-33(21-18-32)25-10-8-9-24(23-25)28(35)30-13-16-31-14-6-3-7-15-31/h4-5,8-12,23H,2-3,6-7,13-22H2,1H3,(H,30,35)(H,36,37). The third-order valence-corrected chi connectivity index (χ3v) is 7.33. The first-order valence-electron chi connectivity index (χ1n) is 13.9. The van der Waals surface area contributed by atoms with Crippen LogP contribution in [-0.2, 0) is 0 Å². The average Bonchev–Trinajstić information content (AvgIpc) is 2.95. The fraction of sp³-hybridized carbons (Fsp3) is 0.517. The van der Waals surface area contributed by atoms with Gasteiger partial charge in [-0.15, -0.1) is 0 Å². The smallest absolute Gasteiger partial charge is 0.411 e. The van der Waals surface area contributed by atoms with Gasteiger partial charge in [0.05, 0.1) is 12.3 Å². The van der Waals surface area contributed by atoms with Crippen LogP contribution in [0.15, 0.2) is 48.5 Å². The van der Waals surface area contributed by atoms with Crippen LogP contribution >= 0.6 is 0 Å². The van der Waals surface area contributed by atoms with Gasteiger partial charge in [-0.25, -0.2) is 4.79 Å². The molecule has 206 valence electrons. The lowest BCUT2D eigenvalue weighted by atomic mass is 10.1. The molecule has 2 aromatic carbocycles. The van der Waals surface area contributed by atoms with Crippen molar-refractivity contribution >= 4 is 23.4 Å². The molecule has 2 aliphatic heterocycles. The van der Waals surface area contributed by atoms with E-state index in [-0.39, 0.29) is 5.91 Å². The Hall–Kier alpha value is -3.30. The molecule has 0 unspecified atom stereocenters. The lowest BCUT2D eigenvalue weighted by molar-refractivity contribution is 0.0946. The van der Waals surface area contributed by atoms with E-state index in [1.165, 1.54) is 24.2 Å². The van der Waals surface area contributed by atoms with Crippen LogP contribution in [0.1, 0.15) is 36.5 Å². The van der Waals surface area contributed by atoms with E-state index < -0.39 is 6.09 Å². The van der Waals surface area contributed by atoms with Crippen molar-refractivity contribution in [3.63, 3.8) is 0 Å². The number of nitrogens with one attached hydrogen (secondary N) is 1. The van der Waals surface area contributed by atoms with Gasteiger partial charge >= 0.3 is 6.09 Å². The maximum atomic E-state index is 12.7. The molecule has 0 spiro atoms. The maximum absolute atomic E-state index is 12.7. The highest BCUT2D eigenvalue weighted by Crippen LogP contribution is 2.28. The van der Waals surface area contributed by atoms with Gasteiger partial charge in [-0.3, -0.25) is 14.6 Å². The fourth-order valence-electron chi connectivity index (χ4n) is 5.20. The van der Waals surface area contributed by atoms with E-state index in [4.69, 9.17) is 4.74 Å². The number of nitrogens with zero attached hydrogens (tertiary/aromatic N) is 4. The maximum Gasteiger partial charge on any atom is 0.411 e. The lowest BCUT2D eigenvalue weighted by Crippen LogP contribution is -2.49. The summed E-state index contributed by atoms with van der Waals surface area (Å²) in [6.07, 6.45) is 2.83. The summed E-state index contributed by atoms with van der Waals surface area (Å²) in [4.78, 5) is 33.1. The molecule has 0 saturated carbocycles. The van der Waals surface area contributed by atoms with Crippen LogP contribution in [0.5, 0.6) is 5.75 Å². The normalized spacial score (nSPS) is 16.7. The highest BCUT2D eigenvalue weighted by atomic mass is 16.5. The number of hydrogen-bond donors (Lipinski definition) is 2. The topological polar surface area (TPSA) is 88.6 Å². The number of hydrogen-bond acceptors (Lipinski definition) is 6. The Kier molecular flexibility index (Phi) is 10.2. The molecule has 0 bridgehead atoms. The molecule has 2 amide bonds. The first-order chi connectivity index (χ1) is 18.5. The number of benzene rings is 2. The van der Waals surface area contributed by atoms with E-state index in [0.717, 1.165) is 51.5 Å². The van der Waals surface area contributed by atoms with Gasteiger partial charge in [-0.1, -0.05) is 24.6 Å². The molecule has 9 heteroatoms. The quantitative estimate of drug-likeness (QED) is 0.465. The average molecular weight is 524 g/mol. The molecule has 2 aliphatic rings. The molecular formula is C29H41N5O4. The monoisotopic (exact) mass is 523 g/mol. The zero-order chi connectivity index (χ0) is 26.7. The molecule has 2 aromatic rings. The Labute approximate surface area is 226 Å². The van der Waals surface area contributed by atoms with E-state index in [9.17, 15) is 14.7 Å². The van der Waals surface area contributed by atoms with Crippen LogP contribution < -0.4 is 19.9 Å². The van der Waals surface area contributed by atoms with Gasteiger partial charge in [0, 0.05) is 63.6 Å². The Morgan fingerprint density at radius 2 is 1.66 bits per heavy atom. The lowest BCUT2D eigenvalue weighted by Gasteiger charge is -2.37. The number of rotatable bonds is 11. The van der Waals surface area contributed by atoms with Crippen LogP contribution in [0.2, 0.25) is 0 Å². The van der Waals surface area contributed by atoms with Crippen molar-refractivity contribution in [3.8, 4) is 5.75 Å². The second kappa shape index (κ2) is 14.0. The van der Waals surface area contributed by atoms with E-state index in [1.54, 1.807) is 12.1 Å². The Bertz CT molecular complexity index is 1050. The Morgan fingerprint density at radius 3 is 2.39 bits per heavy atom. The number of likely N-dealkylation sites (tertiary alicyclic amines) is 1. The summed E-state index contributed by atoms with van der Waals surface area (Å²) in [6.45, 7) is 10.5. The number of ether oxygens (including phenoxy) is 1. The van der Waals surface area contributed by atoms with Crippen LogP contribution in [0, 0.1) is 0 Å². The summed E-state index contributed by atoms with van der Waals surface area (Å²) in [5, 5.41) is 12.9. The summed E-state index contributed by atoms with van der Waals surface area (Å²) in [6, 6.07) is 15.1. The minimum atomic E-state index is -0.984. The second-order valence-corrected chi connectivity index (χ2v) is 9.87. The molecule has 9 nitrogen and oxygen atoms in total. The number of amides is 2. The molecule has 2 saturated heterocycles. The summed E-state index contributed by atoms with van der Waals surface area (Å²) < 4.78 is 5.64. The molecule has 2 heterocycles. The minimum absolute atomic E-state index is 0.0245. The largest absolute Gasteiger partial charge is 0.492 e. The van der Waals surface area contributed by atoms with Crippen molar-refractivity contribution < 1.29 is 19.4 Å². The van der Waals surface area contributed by atoms with Gasteiger partial charge in [0.15, 0.2) is 0 Å². The molecular weight excluding hydrogens is 482 g/mol. The van der Waals surface area contributed by atoms with Gasteiger partial charge in [0.1, 0.15) is 5.75 Å². The third kappa shape index (κ3) is 7.61. The molecule has 0 radical (unpaired) electrons. The van der Waals surface area contributed by atoms with Crippen molar-refractivity contribution in [3.05, 3.63) is 54.1 Å². The highest BCUT2D eigenvalue weighted by molar-refractivity contribution is 5.95. The second-order valence-electron chi connectivity index (χ2n) is 9.87. The molecule has 0 aromatic heterocycles. The number of carbonyl (C=O) groups excluding carboxylic acids is 1. The molecule has 2 N–H and O–H groups in total. The van der Waals surface area contributed by atoms with Crippen molar-refractivity contribution in [2.24, 2.45) is 0 Å². The number of para-hydroxylation sites is 2. The highest BCUT2D eigenvalue weighted by Gasteiger charge is 2.22. The van der Waals surface area contributed by atoms with Gasteiger partial charge in [-0.2, -0.15) is 0 Å². The van der Waals surface area contributed by atoms with Crippen LogP contribution in [0.25, 0.3) is 0 Å². The number of piperazine rings is 1. The zero-order valence-corrected chi connectivity index (χ0v) is 22.5. The SMILES string of the molecule is CCOc1ccccc1N(CCN1CCN(c2cccc(C(=O)NCCN3CCCCC3)c2)CC1)C(=O)O. The molecule has 4 rings (SSSR count). The van der Waals surface area contributed by atoms with Gasteiger partial charge < -0.3 is 25.0 Å². The van der Waals surface area contributed by atoms with E-state index in [0.29, 0.717) is 43.2 Å². The summed E-state index contributed by atoms with van der Waals surface area (Å²) >= 11 is 0. The first kappa shape index (κ1) is 27.7. The minimum Gasteiger partial charge on any atom is -0.492 e. The molecule has 0 atom stereocenters. The number of anilines is 2. The first-order valence-corrected chi connectivity index (χ1v) is 13.9. The molecule has 2 fully saturated rings. The van der Waals surface area contributed by atoms with Crippen molar-refractivity contribution in [2.45, 2.75) is 26.2 Å². The summed E-state index contributed by atoms with van der Waals surface area (Å²) in [5.74, 6) is 0.557. The van der Waals surface area contributed by atoms with Gasteiger partial charge in [-0.05, 0) is 63.2 Å². The van der Waals surface area contributed by atoms with E-state index in [2.05, 4.69) is 26.1 Å². The number of piperidine rings is 1. The fourth-order valence-corrected chi connectivity index (χ4v) is 5.20. The summed E-state index contributed by atoms with van der Waals surface area (Å²) in [5.41, 5.74) is 2.31. The van der Waals surface area contributed by atoms with E-state index >= 15 is 0 Å².